The Morgan fingerprint density at radius 3 is 2.68 bits per heavy atom. The van der Waals surface area contributed by atoms with Crippen molar-refractivity contribution in [1.29, 1.82) is 0 Å². The summed E-state index contributed by atoms with van der Waals surface area (Å²) in [7, 11) is -2.23. The number of sulfonamides is 1. The Kier molecular flexibility index (Phi) is 9.26. The van der Waals surface area contributed by atoms with Gasteiger partial charge in [0.05, 0.1) is 12.0 Å². The summed E-state index contributed by atoms with van der Waals surface area (Å²) in [5, 5.41) is 11.0. The summed E-state index contributed by atoms with van der Waals surface area (Å²) in [4.78, 5) is 13.0. The minimum atomic E-state index is -3.67. The summed E-state index contributed by atoms with van der Waals surface area (Å²) in [6.45, 7) is 2.71. The van der Waals surface area contributed by atoms with E-state index in [0.29, 0.717) is 29.7 Å². The van der Waals surface area contributed by atoms with Crippen LogP contribution in [0.4, 0.5) is 5.69 Å². The van der Waals surface area contributed by atoms with Gasteiger partial charge in [-0.05, 0) is 55.1 Å². The van der Waals surface area contributed by atoms with Gasteiger partial charge in [-0.15, -0.1) is 12.4 Å². The first-order chi connectivity index (χ1) is 14.3. The highest BCUT2D eigenvalue weighted by Gasteiger charge is 2.20. The fourth-order valence-corrected chi connectivity index (χ4v) is 5.29. The molecule has 3 rings (SSSR count). The number of fused-ring (bicyclic) bond motifs is 1. The van der Waals surface area contributed by atoms with Crippen LogP contribution in [0.3, 0.4) is 0 Å². The average Bonchev–Trinajstić information content (AvgIpc) is 2.72. The maximum absolute atomic E-state index is 12.6. The molecule has 1 aliphatic heterocycles. The lowest BCUT2D eigenvalue weighted by Crippen LogP contribution is -2.32. The molecule has 0 amide bonds. The van der Waals surface area contributed by atoms with Gasteiger partial charge in [-0.25, -0.2) is 13.1 Å². The summed E-state index contributed by atoms with van der Waals surface area (Å²) in [6, 6.07) is 9.91. The molecule has 1 N–H and O–H groups in total. The number of nitro groups is 1. The van der Waals surface area contributed by atoms with Crippen molar-refractivity contribution in [2.75, 3.05) is 26.7 Å². The normalized spacial score (nSPS) is 13.9. The number of nitro benzene ring substituents is 1. The number of nitrogens with one attached hydrogen (secondary N) is 1. The lowest BCUT2D eigenvalue weighted by molar-refractivity contribution is -0.385. The lowest BCUT2D eigenvalue weighted by Gasteiger charge is -2.28. The molecule has 2 aromatic rings. The Morgan fingerprint density at radius 1 is 1.19 bits per heavy atom. The van der Waals surface area contributed by atoms with Crippen molar-refractivity contribution in [3.63, 3.8) is 0 Å². The fraction of sp³-hybridized carbons (Fsp3) is 0.400. The third kappa shape index (κ3) is 6.63. The topological polar surface area (TPSA) is 102 Å². The average molecular weight is 535 g/mol. The van der Waals surface area contributed by atoms with Gasteiger partial charge in [0.1, 0.15) is 10.6 Å². The van der Waals surface area contributed by atoms with Gasteiger partial charge in [-0.3, -0.25) is 15.0 Å². The molecule has 0 spiro atoms. The van der Waals surface area contributed by atoms with Gasteiger partial charge in [0.2, 0.25) is 10.0 Å². The number of ether oxygens (including phenoxy) is 1. The van der Waals surface area contributed by atoms with Crippen molar-refractivity contribution < 1.29 is 18.1 Å². The highest BCUT2D eigenvalue weighted by molar-refractivity contribution is 9.10. The molecule has 0 aromatic heterocycles. The maximum Gasteiger partial charge on any atom is 0.269 e. The molecule has 0 saturated heterocycles. The van der Waals surface area contributed by atoms with E-state index in [1.54, 1.807) is 24.3 Å². The lowest BCUT2D eigenvalue weighted by atomic mass is 9.99. The monoisotopic (exact) mass is 533 g/mol. The minimum Gasteiger partial charge on any atom is -0.495 e. The van der Waals surface area contributed by atoms with Crippen LogP contribution in [0, 0.1) is 10.1 Å². The van der Waals surface area contributed by atoms with Crippen LogP contribution in [-0.4, -0.2) is 45.0 Å². The molecule has 170 valence electrons. The van der Waals surface area contributed by atoms with Gasteiger partial charge in [0, 0.05) is 36.2 Å². The number of hydrogen-bond acceptors (Lipinski definition) is 6. The zero-order chi connectivity index (χ0) is 21.7. The van der Waals surface area contributed by atoms with Gasteiger partial charge < -0.3 is 4.74 Å². The van der Waals surface area contributed by atoms with Gasteiger partial charge in [0.15, 0.2) is 0 Å². The number of benzene rings is 2. The summed E-state index contributed by atoms with van der Waals surface area (Å²) >= 11 is 3.29. The number of non-ortho nitro benzene ring substituents is 1. The number of unbranched alkanes of at least 4 members (excludes halogenated alkanes) is 1. The largest absolute Gasteiger partial charge is 0.495 e. The van der Waals surface area contributed by atoms with Crippen molar-refractivity contribution in [3.8, 4) is 5.75 Å². The molecule has 11 heteroatoms. The molecule has 2 aromatic carbocycles. The van der Waals surface area contributed by atoms with E-state index in [1.807, 2.05) is 6.07 Å². The Bertz CT molecular complexity index is 1040. The molecule has 0 bridgehead atoms. The number of hydrogen-bond donors (Lipinski definition) is 1. The van der Waals surface area contributed by atoms with Crippen LogP contribution < -0.4 is 9.46 Å². The molecule has 0 radical (unpaired) electrons. The quantitative estimate of drug-likeness (QED) is 0.297. The SMILES string of the molecule is COc1ccc(Br)cc1S(=O)(=O)NCCCCN1CCc2ccc([N+](=O)[O-])cc2C1.Cl. The van der Waals surface area contributed by atoms with Gasteiger partial charge >= 0.3 is 0 Å². The second-order valence-corrected chi connectivity index (χ2v) is 9.79. The third-order valence-electron chi connectivity index (χ3n) is 5.10. The van der Waals surface area contributed by atoms with E-state index in [0.717, 1.165) is 37.1 Å². The predicted octanol–water partition coefficient (Wildman–Crippen LogP) is 3.90. The van der Waals surface area contributed by atoms with E-state index in [-0.39, 0.29) is 27.9 Å². The highest BCUT2D eigenvalue weighted by Crippen LogP contribution is 2.27. The van der Waals surface area contributed by atoms with Crippen LogP contribution in [0.5, 0.6) is 5.75 Å². The molecule has 0 saturated carbocycles. The van der Waals surface area contributed by atoms with E-state index in [2.05, 4.69) is 25.6 Å². The molecule has 0 unspecified atom stereocenters. The number of nitrogens with zero attached hydrogens (tertiary/aromatic N) is 2. The van der Waals surface area contributed by atoms with Crippen molar-refractivity contribution in [2.24, 2.45) is 0 Å². The van der Waals surface area contributed by atoms with Crippen LogP contribution >= 0.6 is 28.3 Å². The number of halogens is 2. The van der Waals surface area contributed by atoms with Crippen molar-refractivity contribution in [2.45, 2.75) is 30.7 Å². The fourth-order valence-electron chi connectivity index (χ4n) is 3.51. The predicted molar refractivity (Wildman–Crippen MR) is 124 cm³/mol. The van der Waals surface area contributed by atoms with Gasteiger partial charge in [-0.1, -0.05) is 22.0 Å². The van der Waals surface area contributed by atoms with E-state index < -0.39 is 10.0 Å². The molecule has 0 atom stereocenters. The first kappa shape index (κ1) is 25.5. The summed E-state index contributed by atoms with van der Waals surface area (Å²) in [5.74, 6) is 0.298. The Hall–Kier alpha value is -1.72. The molecule has 0 fully saturated rings. The minimum absolute atomic E-state index is 0. The standard InChI is InChI=1S/C20H24BrN3O5S.ClH/c1-29-19-7-5-17(21)13-20(19)30(27,28)22-9-2-3-10-23-11-8-15-4-6-18(24(25)26)12-16(15)14-23;/h4-7,12-13,22H,2-3,8-11,14H2,1H3;1H. The van der Waals surface area contributed by atoms with Crippen molar-refractivity contribution >= 4 is 44.0 Å². The number of rotatable bonds is 9. The second-order valence-electron chi connectivity index (χ2n) is 7.14. The van der Waals surface area contributed by atoms with Crippen LogP contribution in [-0.2, 0) is 23.0 Å². The van der Waals surface area contributed by atoms with Crippen LogP contribution in [0.25, 0.3) is 0 Å². The van der Waals surface area contributed by atoms with E-state index >= 15 is 0 Å². The summed E-state index contributed by atoms with van der Waals surface area (Å²) in [6.07, 6.45) is 2.37. The zero-order valence-corrected chi connectivity index (χ0v) is 20.3. The Labute approximate surface area is 196 Å². The van der Waals surface area contributed by atoms with Crippen LogP contribution in [0.15, 0.2) is 45.8 Å². The first-order valence-electron chi connectivity index (χ1n) is 9.62. The number of methoxy groups -OCH3 is 1. The van der Waals surface area contributed by atoms with E-state index in [1.165, 1.54) is 13.2 Å². The zero-order valence-electron chi connectivity index (χ0n) is 17.0. The van der Waals surface area contributed by atoms with E-state index in [4.69, 9.17) is 4.74 Å². The van der Waals surface area contributed by atoms with Gasteiger partial charge in [0.25, 0.3) is 5.69 Å². The molecule has 1 heterocycles. The Balaban J connectivity index is 0.00000341. The summed E-state index contributed by atoms with van der Waals surface area (Å²) < 4.78 is 33.6. The van der Waals surface area contributed by atoms with Crippen LogP contribution in [0.2, 0.25) is 0 Å². The molecule has 0 aliphatic carbocycles. The molecule has 1 aliphatic rings. The molecular weight excluding hydrogens is 510 g/mol. The first-order valence-corrected chi connectivity index (χ1v) is 11.9. The molecule has 31 heavy (non-hydrogen) atoms. The molecular formula is C20H25BrClN3O5S. The molecule has 8 nitrogen and oxygen atoms in total. The van der Waals surface area contributed by atoms with Crippen molar-refractivity contribution in [3.05, 3.63) is 62.1 Å². The van der Waals surface area contributed by atoms with Crippen molar-refractivity contribution in [1.82, 2.24) is 9.62 Å². The third-order valence-corrected chi connectivity index (χ3v) is 7.08. The smallest absolute Gasteiger partial charge is 0.269 e. The van der Waals surface area contributed by atoms with E-state index in [9.17, 15) is 18.5 Å². The summed E-state index contributed by atoms with van der Waals surface area (Å²) in [5.41, 5.74) is 2.28. The maximum atomic E-state index is 12.6. The van der Waals surface area contributed by atoms with Gasteiger partial charge in [-0.2, -0.15) is 0 Å². The Morgan fingerprint density at radius 2 is 1.97 bits per heavy atom. The highest BCUT2D eigenvalue weighted by atomic mass is 79.9. The van der Waals surface area contributed by atoms with Crippen LogP contribution in [0.1, 0.15) is 24.0 Å². The second kappa shape index (κ2) is 11.2.